The number of H-pyrrole nitrogens is 1. The average molecular weight is 200 g/mol. The largest absolute Gasteiger partial charge is 0.387 e. The summed E-state index contributed by atoms with van der Waals surface area (Å²) < 4.78 is 0. The summed E-state index contributed by atoms with van der Waals surface area (Å²) in [5.74, 6) is 0.837. The molecule has 4 rings (SSSR count). The molecule has 1 saturated carbocycles. The van der Waals surface area contributed by atoms with Crippen LogP contribution < -0.4 is 5.32 Å². The van der Waals surface area contributed by atoms with Gasteiger partial charge in [-0.15, -0.1) is 0 Å². The first-order valence-corrected chi connectivity index (χ1v) is 5.42. The van der Waals surface area contributed by atoms with Crippen molar-refractivity contribution in [3.8, 4) is 0 Å². The predicted octanol–water partition coefficient (Wildman–Crippen LogP) is 1.26. The molecule has 0 aromatic carbocycles. The van der Waals surface area contributed by atoms with Gasteiger partial charge in [-0.2, -0.15) is 0 Å². The lowest BCUT2D eigenvalue weighted by atomic mass is 9.84. The number of carbonyl (C=O) groups is 1. The maximum Gasteiger partial charge on any atom is 0.204 e. The van der Waals surface area contributed by atoms with E-state index in [1.165, 1.54) is 17.5 Å². The first kappa shape index (κ1) is 7.74. The fraction of sp³-hybridized carbons (Fsp3) is 0.417. The molecule has 15 heavy (non-hydrogen) atoms. The number of carbonyl (C=O) groups excluding carboxylic acids is 1. The molecule has 1 aromatic heterocycles. The predicted molar refractivity (Wildman–Crippen MR) is 55.7 cm³/mol. The van der Waals surface area contributed by atoms with E-state index in [9.17, 15) is 4.79 Å². The van der Waals surface area contributed by atoms with Crippen molar-refractivity contribution in [1.29, 1.82) is 0 Å². The topological polar surface area (TPSA) is 44.9 Å². The van der Waals surface area contributed by atoms with Crippen LogP contribution in [0, 0.1) is 12.8 Å². The van der Waals surface area contributed by atoms with Gasteiger partial charge < -0.3 is 10.3 Å². The normalized spacial score (nSPS) is 35.1. The number of ketones is 1. The van der Waals surface area contributed by atoms with Gasteiger partial charge in [0.25, 0.3) is 0 Å². The maximum atomic E-state index is 11.9. The number of piperidine rings is 1. The molecule has 2 fully saturated rings. The van der Waals surface area contributed by atoms with E-state index in [0.717, 1.165) is 17.9 Å². The summed E-state index contributed by atoms with van der Waals surface area (Å²) in [6.07, 6.45) is 4.96. The molecular formula is C12H12N2O. The van der Waals surface area contributed by atoms with E-state index < -0.39 is 0 Å². The van der Waals surface area contributed by atoms with Crippen LogP contribution in [0.1, 0.15) is 28.0 Å². The number of aromatic nitrogens is 1. The second kappa shape index (κ2) is 2.03. The molecule has 2 N–H and O–H groups in total. The van der Waals surface area contributed by atoms with E-state index >= 15 is 0 Å². The number of hydrogen-bond donors (Lipinski definition) is 2. The lowest BCUT2D eigenvalue weighted by molar-refractivity contribution is 0.103. The molecule has 3 aliphatic rings. The van der Waals surface area contributed by atoms with Crippen LogP contribution in [0.15, 0.2) is 18.0 Å². The summed E-state index contributed by atoms with van der Waals surface area (Å²) in [6.45, 7) is 3.12. The van der Waals surface area contributed by atoms with Gasteiger partial charge in [0.05, 0.1) is 5.69 Å². The van der Waals surface area contributed by atoms with Gasteiger partial charge in [0.1, 0.15) is 0 Å². The van der Waals surface area contributed by atoms with Gasteiger partial charge in [0, 0.05) is 29.9 Å². The second-order valence-electron chi connectivity index (χ2n) is 4.90. The highest BCUT2D eigenvalue weighted by molar-refractivity contribution is 6.07. The van der Waals surface area contributed by atoms with Crippen molar-refractivity contribution < 1.29 is 4.79 Å². The Morgan fingerprint density at radius 1 is 1.53 bits per heavy atom. The van der Waals surface area contributed by atoms with Gasteiger partial charge in [-0.25, -0.2) is 0 Å². The van der Waals surface area contributed by atoms with Crippen LogP contribution in [0.5, 0.6) is 0 Å². The summed E-state index contributed by atoms with van der Waals surface area (Å²) in [4.78, 5) is 15.0. The Labute approximate surface area is 87.6 Å². The summed E-state index contributed by atoms with van der Waals surface area (Å²) in [7, 11) is 0. The Balaban J connectivity index is 2.07. The smallest absolute Gasteiger partial charge is 0.204 e. The maximum absolute atomic E-state index is 11.9. The molecule has 3 heteroatoms. The minimum absolute atomic E-state index is 0.124. The van der Waals surface area contributed by atoms with E-state index in [-0.39, 0.29) is 11.2 Å². The van der Waals surface area contributed by atoms with Crippen molar-refractivity contribution in [2.24, 2.45) is 5.92 Å². The zero-order valence-electron chi connectivity index (χ0n) is 8.55. The highest BCUT2D eigenvalue weighted by Gasteiger charge is 2.64. The van der Waals surface area contributed by atoms with Crippen molar-refractivity contribution in [2.75, 3.05) is 6.54 Å². The first-order chi connectivity index (χ1) is 7.23. The van der Waals surface area contributed by atoms with Gasteiger partial charge in [0.2, 0.25) is 5.78 Å². The number of hydrogen-bond acceptors (Lipinski definition) is 2. The van der Waals surface area contributed by atoms with Gasteiger partial charge in [-0.1, -0.05) is 0 Å². The molecule has 1 aromatic rings. The fourth-order valence-corrected chi connectivity index (χ4v) is 3.41. The van der Waals surface area contributed by atoms with Gasteiger partial charge in [-0.05, 0) is 30.4 Å². The number of nitrogens with one attached hydrogen (secondary N) is 2. The molecule has 2 atom stereocenters. The van der Waals surface area contributed by atoms with Crippen LogP contribution >= 0.6 is 0 Å². The summed E-state index contributed by atoms with van der Waals surface area (Å²) in [5.41, 5.74) is 4.66. The number of aryl methyl sites for hydroxylation is 1. The molecule has 2 unspecified atom stereocenters. The molecule has 1 saturated heterocycles. The van der Waals surface area contributed by atoms with Crippen molar-refractivity contribution in [2.45, 2.75) is 18.8 Å². The summed E-state index contributed by atoms with van der Waals surface area (Å²) in [6, 6.07) is 0. The van der Waals surface area contributed by atoms with Gasteiger partial charge >= 0.3 is 0 Å². The third-order valence-electron chi connectivity index (χ3n) is 4.17. The third kappa shape index (κ3) is 0.664. The molecule has 2 heterocycles. The molecule has 0 radical (unpaired) electrons. The quantitative estimate of drug-likeness (QED) is 0.662. The van der Waals surface area contributed by atoms with Crippen LogP contribution in [0.3, 0.4) is 0 Å². The van der Waals surface area contributed by atoms with Crippen LogP contribution in [0.4, 0.5) is 0 Å². The zero-order valence-corrected chi connectivity index (χ0v) is 8.55. The average Bonchev–Trinajstić information content (AvgIpc) is 2.61. The van der Waals surface area contributed by atoms with Gasteiger partial charge in [-0.3, -0.25) is 4.79 Å². The molecule has 1 spiro atoms. The summed E-state index contributed by atoms with van der Waals surface area (Å²) >= 11 is 0. The molecule has 0 bridgehead atoms. The SMILES string of the molecule is Cc1c[nH]c2c1C13CC1CNC3=CC2=O. The van der Waals surface area contributed by atoms with Crippen LogP contribution in [-0.2, 0) is 5.41 Å². The first-order valence-electron chi connectivity index (χ1n) is 5.42. The second-order valence-corrected chi connectivity index (χ2v) is 4.90. The zero-order chi connectivity index (χ0) is 10.2. The van der Waals surface area contributed by atoms with Crippen molar-refractivity contribution in [3.63, 3.8) is 0 Å². The lowest BCUT2D eigenvalue weighted by Gasteiger charge is -2.21. The Bertz CT molecular complexity index is 526. The Kier molecular flexibility index (Phi) is 1.05. The Hall–Kier alpha value is -1.51. The minimum Gasteiger partial charge on any atom is -0.387 e. The molecule has 0 amide bonds. The highest BCUT2D eigenvalue weighted by Crippen LogP contribution is 2.64. The molecule has 2 aliphatic carbocycles. The van der Waals surface area contributed by atoms with Crippen molar-refractivity contribution in [1.82, 2.24) is 10.3 Å². The third-order valence-corrected chi connectivity index (χ3v) is 4.17. The minimum atomic E-state index is 0.124. The molecule has 76 valence electrons. The van der Waals surface area contributed by atoms with Crippen LogP contribution in [0.2, 0.25) is 0 Å². The number of allylic oxidation sites excluding steroid dienone is 2. The molecule has 3 nitrogen and oxygen atoms in total. The van der Waals surface area contributed by atoms with Crippen molar-refractivity contribution >= 4 is 5.78 Å². The Morgan fingerprint density at radius 3 is 3.20 bits per heavy atom. The number of rotatable bonds is 0. The van der Waals surface area contributed by atoms with E-state index in [1.54, 1.807) is 6.08 Å². The Morgan fingerprint density at radius 2 is 2.40 bits per heavy atom. The van der Waals surface area contributed by atoms with Gasteiger partial charge in [0.15, 0.2) is 0 Å². The van der Waals surface area contributed by atoms with Crippen LogP contribution in [0.25, 0.3) is 0 Å². The fourth-order valence-electron chi connectivity index (χ4n) is 3.41. The van der Waals surface area contributed by atoms with Crippen molar-refractivity contribution in [3.05, 3.63) is 34.8 Å². The van der Waals surface area contributed by atoms with E-state index in [0.29, 0.717) is 5.92 Å². The lowest BCUT2D eigenvalue weighted by Crippen LogP contribution is -2.25. The highest BCUT2D eigenvalue weighted by atomic mass is 16.1. The van der Waals surface area contributed by atoms with Crippen LogP contribution in [-0.4, -0.2) is 17.3 Å². The monoisotopic (exact) mass is 200 g/mol. The molecular weight excluding hydrogens is 188 g/mol. The summed E-state index contributed by atoms with van der Waals surface area (Å²) in [5, 5.41) is 3.36. The number of aromatic amines is 1. The molecule has 1 aliphatic heterocycles. The van der Waals surface area contributed by atoms with E-state index in [2.05, 4.69) is 17.2 Å². The number of fused-ring (bicyclic) bond motifs is 1. The standard InChI is InChI=1S/C12H12N2O/c1-6-4-14-11-8(15)2-9-12(10(6)11)3-7(12)5-13-9/h2,4,7,13-14H,3,5H2,1H3. The van der Waals surface area contributed by atoms with E-state index in [4.69, 9.17) is 0 Å². The van der Waals surface area contributed by atoms with E-state index in [1.807, 2.05) is 6.20 Å².